The normalized spacial score (nSPS) is 20.4. The molecule has 2 N–H and O–H groups in total. The molecule has 4 nitrogen and oxygen atoms in total. The predicted molar refractivity (Wildman–Crippen MR) is 74.9 cm³/mol. The summed E-state index contributed by atoms with van der Waals surface area (Å²) in [6.45, 7) is 2.11. The molecule has 0 aromatic heterocycles. The van der Waals surface area contributed by atoms with Gasteiger partial charge in [-0.05, 0) is 59.9 Å². The summed E-state index contributed by atoms with van der Waals surface area (Å²) in [5, 5.41) is 3.21. The second kappa shape index (κ2) is 6.30. The van der Waals surface area contributed by atoms with Gasteiger partial charge in [-0.3, -0.25) is 0 Å². The first-order valence-corrected chi connectivity index (χ1v) is 8.43. The lowest BCUT2D eigenvalue weighted by Crippen LogP contribution is -2.38. The summed E-state index contributed by atoms with van der Waals surface area (Å²) in [7, 11) is -3.80. The maximum Gasteiger partial charge on any atom is 0.243 e. The van der Waals surface area contributed by atoms with Crippen LogP contribution in [0, 0.1) is 11.7 Å². The molecule has 7 heteroatoms. The van der Waals surface area contributed by atoms with Crippen molar-refractivity contribution in [1.29, 1.82) is 0 Å². The fraction of sp³-hybridized carbons (Fsp3) is 0.500. The summed E-state index contributed by atoms with van der Waals surface area (Å²) in [6.07, 6.45) is 2.02. The van der Waals surface area contributed by atoms with E-state index in [2.05, 4.69) is 26.0 Å². The van der Waals surface area contributed by atoms with Crippen molar-refractivity contribution in [2.24, 2.45) is 5.92 Å². The number of sulfonamides is 1. The zero-order valence-corrected chi connectivity index (χ0v) is 12.7. The summed E-state index contributed by atoms with van der Waals surface area (Å²) in [4.78, 5) is -0.314. The van der Waals surface area contributed by atoms with Crippen LogP contribution in [0.15, 0.2) is 27.6 Å². The molecule has 1 aliphatic rings. The quantitative estimate of drug-likeness (QED) is 0.871. The van der Waals surface area contributed by atoms with Crippen molar-refractivity contribution in [2.75, 3.05) is 19.6 Å². The summed E-state index contributed by atoms with van der Waals surface area (Å²) in [5.41, 5.74) is 0. The van der Waals surface area contributed by atoms with Gasteiger partial charge in [0, 0.05) is 6.54 Å². The summed E-state index contributed by atoms with van der Waals surface area (Å²) < 4.78 is 40.5. The smallest absolute Gasteiger partial charge is 0.243 e. The summed E-state index contributed by atoms with van der Waals surface area (Å²) >= 11 is 2.99. The molecule has 1 heterocycles. The van der Waals surface area contributed by atoms with Crippen LogP contribution >= 0.6 is 15.9 Å². The first-order chi connectivity index (χ1) is 9.00. The highest BCUT2D eigenvalue weighted by atomic mass is 79.9. The Hall–Kier alpha value is -0.500. The Bertz CT molecular complexity index is 545. The molecule has 0 aliphatic carbocycles. The van der Waals surface area contributed by atoms with E-state index in [4.69, 9.17) is 0 Å². The molecule has 1 aromatic rings. The molecular formula is C12H16BrFN2O2S. The van der Waals surface area contributed by atoms with Crippen molar-refractivity contribution in [3.8, 4) is 0 Å². The minimum Gasteiger partial charge on any atom is -0.316 e. The van der Waals surface area contributed by atoms with Gasteiger partial charge in [0.1, 0.15) is 4.90 Å². The highest BCUT2D eigenvalue weighted by molar-refractivity contribution is 9.10. The van der Waals surface area contributed by atoms with Crippen molar-refractivity contribution in [3.05, 3.63) is 28.5 Å². The number of benzene rings is 1. The van der Waals surface area contributed by atoms with E-state index in [1.54, 1.807) is 0 Å². The molecule has 0 amide bonds. The molecule has 1 aromatic carbocycles. The Labute approximate surface area is 121 Å². The van der Waals surface area contributed by atoms with E-state index in [9.17, 15) is 12.8 Å². The number of hydrogen-bond acceptors (Lipinski definition) is 3. The van der Waals surface area contributed by atoms with Crippen molar-refractivity contribution >= 4 is 26.0 Å². The fourth-order valence-electron chi connectivity index (χ4n) is 2.10. The third-order valence-corrected chi connectivity index (χ3v) is 5.22. The average Bonchev–Trinajstić information content (AvgIpc) is 2.41. The summed E-state index contributed by atoms with van der Waals surface area (Å²) in [5.74, 6) is -0.490. The minimum atomic E-state index is -3.80. The molecule has 2 rings (SSSR count). The highest BCUT2D eigenvalue weighted by Crippen LogP contribution is 2.22. The van der Waals surface area contributed by atoms with Crippen LogP contribution < -0.4 is 10.0 Å². The van der Waals surface area contributed by atoms with Gasteiger partial charge in [0.25, 0.3) is 0 Å². The van der Waals surface area contributed by atoms with Crippen molar-refractivity contribution in [1.82, 2.24) is 10.0 Å². The van der Waals surface area contributed by atoms with Crippen molar-refractivity contribution in [2.45, 2.75) is 17.7 Å². The molecule has 1 saturated heterocycles. The zero-order chi connectivity index (χ0) is 13.9. The van der Waals surface area contributed by atoms with Crippen LogP contribution in [-0.4, -0.2) is 28.1 Å². The average molecular weight is 351 g/mol. The van der Waals surface area contributed by atoms with E-state index in [-0.39, 0.29) is 15.3 Å². The van der Waals surface area contributed by atoms with E-state index < -0.39 is 15.8 Å². The SMILES string of the molecule is O=S(=O)(NCC1CCCNC1)c1cccc(Br)c1F. The zero-order valence-electron chi connectivity index (χ0n) is 10.3. The molecule has 0 saturated carbocycles. The van der Waals surface area contributed by atoms with E-state index in [0.717, 1.165) is 25.9 Å². The standard InChI is InChI=1S/C12H16BrFN2O2S/c13-10-4-1-5-11(12(10)14)19(17,18)16-8-9-3-2-6-15-7-9/h1,4-5,9,15-16H,2-3,6-8H2. The van der Waals surface area contributed by atoms with Gasteiger partial charge in [-0.25, -0.2) is 17.5 Å². The maximum absolute atomic E-state index is 13.8. The van der Waals surface area contributed by atoms with Gasteiger partial charge >= 0.3 is 0 Å². The molecule has 0 radical (unpaired) electrons. The second-order valence-corrected chi connectivity index (χ2v) is 7.21. The van der Waals surface area contributed by atoms with Crippen molar-refractivity contribution < 1.29 is 12.8 Å². The monoisotopic (exact) mass is 350 g/mol. The number of rotatable bonds is 4. The van der Waals surface area contributed by atoms with Crippen LogP contribution in [-0.2, 0) is 10.0 Å². The van der Waals surface area contributed by atoms with Crippen LogP contribution in [0.3, 0.4) is 0 Å². The molecule has 0 bridgehead atoms. The predicted octanol–water partition coefficient (Wildman–Crippen LogP) is 1.87. The molecule has 19 heavy (non-hydrogen) atoms. The van der Waals surface area contributed by atoms with Gasteiger partial charge in [-0.15, -0.1) is 0 Å². The first kappa shape index (κ1) is 14.9. The molecule has 1 unspecified atom stereocenters. The minimum absolute atomic E-state index is 0.148. The van der Waals surface area contributed by atoms with E-state index in [0.29, 0.717) is 6.54 Å². The maximum atomic E-state index is 13.8. The molecule has 106 valence electrons. The van der Waals surface area contributed by atoms with Gasteiger partial charge in [0.15, 0.2) is 5.82 Å². The third-order valence-electron chi connectivity index (χ3n) is 3.17. The van der Waals surface area contributed by atoms with Crippen LogP contribution in [0.1, 0.15) is 12.8 Å². The second-order valence-electron chi connectivity index (χ2n) is 4.62. The number of nitrogens with one attached hydrogen (secondary N) is 2. The molecular weight excluding hydrogens is 335 g/mol. The van der Waals surface area contributed by atoms with Gasteiger partial charge in [0.05, 0.1) is 4.47 Å². The number of halogens is 2. The van der Waals surface area contributed by atoms with Crippen LogP contribution in [0.2, 0.25) is 0 Å². The lowest BCUT2D eigenvalue weighted by molar-refractivity contribution is 0.375. The first-order valence-electron chi connectivity index (χ1n) is 6.15. The van der Waals surface area contributed by atoms with E-state index in [1.807, 2.05) is 0 Å². The van der Waals surface area contributed by atoms with E-state index >= 15 is 0 Å². The molecule has 1 atom stereocenters. The van der Waals surface area contributed by atoms with Crippen LogP contribution in [0.5, 0.6) is 0 Å². The lowest BCUT2D eigenvalue weighted by atomic mass is 10.0. The van der Waals surface area contributed by atoms with E-state index in [1.165, 1.54) is 18.2 Å². The third kappa shape index (κ3) is 3.75. The topological polar surface area (TPSA) is 58.2 Å². The molecule has 1 fully saturated rings. The Morgan fingerprint density at radius 3 is 2.95 bits per heavy atom. The summed E-state index contributed by atoms with van der Waals surface area (Å²) in [6, 6.07) is 4.24. The fourth-order valence-corrected chi connectivity index (χ4v) is 3.81. The van der Waals surface area contributed by atoms with Gasteiger partial charge in [0.2, 0.25) is 10.0 Å². The molecule has 1 aliphatic heterocycles. The Balaban J connectivity index is 2.07. The van der Waals surface area contributed by atoms with Gasteiger partial charge in [-0.2, -0.15) is 0 Å². The Morgan fingerprint density at radius 1 is 1.47 bits per heavy atom. The van der Waals surface area contributed by atoms with Gasteiger partial charge in [-0.1, -0.05) is 6.07 Å². The molecule has 0 spiro atoms. The van der Waals surface area contributed by atoms with Crippen LogP contribution in [0.25, 0.3) is 0 Å². The number of hydrogen-bond donors (Lipinski definition) is 2. The number of piperidine rings is 1. The van der Waals surface area contributed by atoms with Crippen molar-refractivity contribution in [3.63, 3.8) is 0 Å². The lowest BCUT2D eigenvalue weighted by Gasteiger charge is -2.22. The Morgan fingerprint density at radius 2 is 2.26 bits per heavy atom. The largest absolute Gasteiger partial charge is 0.316 e. The van der Waals surface area contributed by atoms with Gasteiger partial charge < -0.3 is 5.32 Å². The Kier molecular flexibility index (Phi) is 4.94. The van der Waals surface area contributed by atoms with Crippen LogP contribution in [0.4, 0.5) is 4.39 Å². The highest BCUT2D eigenvalue weighted by Gasteiger charge is 2.22.